The van der Waals surface area contributed by atoms with E-state index >= 15 is 0 Å². The Morgan fingerprint density at radius 3 is 1.90 bits per heavy atom. The van der Waals surface area contributed by atoms with Crippen LogP contribution in [0.25, 0.3) is 0 Å². The Hall–Kier alpha value is -1.26. The number of rotatable bonds is 4. The Morgan fingerprint density at radius 1 is 1.05 bits per heavy atom. The summed E-state index contributed by atoms with van der Waals surface area (Å²) in [7, 11) is 0. The fourth-order valence-electron chi connectivity index (χ4n) is 1.46. The molecular formula is C10H10F6O4. The highest BCUT2D eigenvalue weighted by Gasteiger charge is 2.70. The number of furan rings is 1. The molecule has 0 radical (unpaired) electrons. The Morgan fingerprint density at radius 2 is 1.55 bits per heavy atom. The minimum atomic E-state index is -6.06. The molecule has 0 unspecified atom stereocenters. The monoisotopic (exact) mass is 308 g/mol. The van der Waals surface area contributed by atoms with Crippen LogP contribution in [0.5, 0.6) is 0 Å². The van der Waals surface area contributed by atoms with E-state index in [0.717, 1.165) is 12.3 Å². The van der Waals surface area contributed by atoms with Gasteiger partial charge in [-0.15, -0.1) is 0 Å². The number of halogens is 6. The molecule has 0 bridgehead atoms. The molecule has 0 aliphatic heterocycles. The topological polar surface area (TPSA) is 73.8 Å². The van der Waals surface area contributed by atoms with E-state index in [2.05, 4.69) is 4.42 Å². The smallest absolute Gasteiger partial charge is 0.426 e. The highest BCUT2D eigenvalue weighted by atomic mass is 19.4. The van der Waals surface area contributed by atoms with Gasteiger partial charge in [-0.1, -0.05) is 0 Å². The fraction of sp³-hybridized carbons (Fsp3) is 0.600. The highest BCUT2D eigenvalue weighted by molar-refractivity contribution is 5.06. The van der Waals surface area contributed by atoms with Crippen molar-refractivity contribution < 1.29 is 46.1 Å². The van der Waals surface area contributed by atoms with Crippen LogP contribution >= 0.6 is 0 Å². The van der Waals surface area contributed by atoms with Gasteiger partial charge in [-0.05, 0) is 12.1 Å². The number of hydrogen-bond donors (Lipinski definition) is 3. The third-order valence-corrected chi connectivity index (χ3v) is 2.64. The molecule has 3 N–H and O–H groups in total. The van der Waals surface area contributed by atoms with Crippen molar-refractivity contribution in [3.05, 3.63) is 24.2 Å². The molecule has 20 heavy (non-hydrogen) atoms. The molecule has 10 heteroatoms. The standard InChI is InChI=1S/C10H10F6O4/c11-9(12,13)8(19,10(14,15)16)4-5(17)7(18)6-2-1-3-20-6/h1-3,5,7,17-19H,4H2/t5-,7-/m1/s1. The van der Waals surface area contributed by atoms with Crippen LogP contribution in [0.3, 0.4) is 0 Å². The van der Waals surface area contributed by atoms with Gasteiger partial charge in [0.25, 0.3) is 5.60 Å². The molecule has 0 spiro atoms. The van der Waals surface area contributed by atoms with Gasteiger partial charge in [-0.3, -0.25) is 0 Å². The Balaban J connectivity index is 2.97. The lowest BCUT2D eigenvalue weighted by molar-refractivity contribution is -0.375. The fourth-order valence-corrected chi connectivity index (χ4v) is 1.46. The molecule has 0 saturated carbocycles. The van der Waals surface area contributed by atoms with Crippen LogP contribution in [0.15, 0.2) is 22.8 Å². The van der Waals surface area contributed by atoms with Crippen molar-refractivity contribution in [2.45, 2.75) is 36.6 Å². The van der Waals surface area contributed by atoms with E-state index in [1.165, 1.54) is 6.07 Å². The van der Waals surface area contributed by atoms with Crippen LogP contribution in [-0.2, 0) is 0 Å². The second-order valence-electron chi connectivity index (χ2n) is 4.09. The van der Waals surface area contributed by atoms with Gasteiger partial charge in [0.1, 0.15) is 11.9 Å². The Kier molecular flexibility index (Phi) is 4.42. The van der Waals surface area contributed by atoms with Gasteiger partial charge in [-0.2, -0.15) is 26.3 Å². The van der Waals surface area contributed by atoms with Crippen LogP contribution in [0.2, 0.25) is 0 Å². The first-order valence-corrected chi connectivity index (χ1v) is 5.15. The number of alkyl halides is 6. The molecule has 0 saturated heterocycles. The van der Waals surface area contributed by atoms with Crippen LogP contribution in [-0.4, -0.2) is 39.4 Å². The maximum atomic E-state index is 12.4. The zero-order valence-corrected chi connectivity index (χ0v) is 9.61. The minimum absolute atomic E-state index is 0.427. The Bertz CT molecular complexity index is 410. The van der Waals surface area contributed by atoms with Crippen LogP contribution < -0.4 is 0 Å². The highest BCUT2D eigenvalue weighted by Crippen LogP contribution is 2.46. The maximum absolute atomic E-state index is 12.4. The van der Waals surface area contributed by atoms with Crippen molar-refractivity contribution in [3.63, 3.8) is 0 Å². The van der Waals surface area contributed by atoms with Gasteiger partial charge in [0.15, 0.2) is 0 Å². The molecule has 1 heterocycles. The van der Waals surface area contributed by atoms with Crippen molar-refractivity contribution in [2.75, 3.05) is 0 Å². The first kappa shape index (κ1) is 16.8. The third-order valence-electron chi connectivity index (χ3n) is 2.64. The summed E-state index contributed by atoms with van der Waals surface area (Å²) in [6, 6.07) is 2.26. The van der Waals surface area contributed by atoms with Gasteiger partial charge in [-0.25, -0.2) is 0 Å². The molecular weight excluding hydrogens is 298 g/mol. The van der Waals surface area contributed by atoms with Gasteiger partial charge < -0.3 is 19.7 Å². The largest absolute Gasteiger partial charge is 0.466 e. The van der Waals surface area contributed by atoms with Gasteiger partial charge >= 0.3 is 12.4 Å². The second kappa shape index (κ2) is 5.26. The number of hydrogen-bond acceptors (Lipinski definition) is 4. The lowest BCUT2D eigenvalue weighted by Crippen LogP contribution is -2.58. The summed E-state index contributed by atoms with van der Waals surface area (Å²) in [5.74, 6) is -0.427. The number of aliphatic hydroxyl groups is 3. The van der Waals surface area contributed by atoms with E-state index in [1.54, 1.807) is 0 Å². The predicted octanol–water partition coefficient (Wildman–Crippen LogP) is 1.92. The summed E-state index contributed by atoms with van der Waals surface area (Å²) in [5, 5.41) is 27.5. The molecule has 1 rings (SSSR count). The molecule has 0 amide bonds. The molecule has 0 aromatic carbocycles. The maximum Gasteiger partial charge on any atom is 0.426 e. The van der Waals surface area contributed by atoms with E-state index in [-0.39, 0.29) is 0 Å². The Labute approximate surface area is 108 Å². The van der Waals surface area contributed by atoms with E-state index < -0.39 is 42.3 Å². The van der Waals surface area contributed by atoms with E-state index in [9.17, 15) is 36.6 Å². The summed E-state index contributed by atoms with van der Waals surface area (Å²) in [4.78, 5) is 0. The van der Waals surface area contributed by atoms with E-state index in [4.69, 9.17) is 5.11 Å². The SMILES string of the molecule is O[C@H](CC(O)(C(F)(F)F)C(F)(F)F)[C@@H](O)c1ccco1. The summed E-state index contributed by atoms with van der Waals surface area (Å²) in [5.41, 5.74) is -5.13. The van der Waals surface area contributed by atoms with Crippen molar-refractivity contribution in [2.24, 2.45) is 0 Å². The average molecular weight is 308 g/mol. The molecule has 2 atom stereocenters. The van der Waals surface area contributed by atoms with Gasteiger partial charge in [0.2, 0.25) is 0 Å². The first-order chi connectivity index (χ1) is 8.90. The minimum Gasteiger partial charge on any atom is -0.466 e. The lowest BCUT2D eigenvalue weighted by Gasteiger charge is -2.34. The van der Waals surface area contributed by atoms with Crippen LogP contribution in [0.4, 0.5) is 26.3 Å². The summed E-state index contributed by atoms with van der Waals surface area (Å²) < 4.78 is 78.8. The molecule has 4 nitrogen and oxygen atoms in total. The zero-order chi connectivity index (χ0) is 15.8. The molecule has 0 aliphatic carbocycles. The quantitative estimate of drug-likeness (QED) is 0.743. The summed E-state index contributed by atoms with van der Waals surface area (Å²) >= 11 is 0. The first-order valence-electron chi connectivity index (χ1n) is 5.15. The van der Waals surface area contributed by atoms with E-state index in [1.807, 2.05) is 0 Å². The predicted molar refractivity (Wildman–Crippen MR) is 51.4 cm³/mol. The van der Waals surface area contributed by atoms with Gasteiger partial charge in [0.05, 0.1) is 12.4 Å². The van der Waals surface area contributed by atoms with Crippen molar-refractivity contribution in [1.29, 1.82) is 0 Å². The summed E-state index contributed by atoms with van der Waals surface area (Å²) in [6.07, 6.45) is -18.0. The molecule has 0 aliphatic rings. The van der Waals surface area contributed by atoms with Gasteiger partial charge in [0, 0.05) is 6.42 Å². The van der Waals surface area contributed by atoms with Crippen LogP contribution in [0, 0.1) is 0 Å². The third kappa shape index (κ3) is 3.07. The van der Waals surface area contributed by atoms with Crippen molar-refractivity contribution in [3.8, 4) is 0 Å². The average Bonchev–Trinajstić information content (AvgIpc) is 2.77. The molecule has 116 valence electrons. The van der Waals surface area contributed by atoms with Crippen molar-refractivity contribution in [1.82, 2.24) is 0 Å². The van der Waals surface area contributed by atoms with E-state index in [0.29, 0.717) is 0 Å². The molecule has 1 aromatic rings. The van der Waals surface area contributed by atoms with Crippen LogP contribution in [0.1, 0.15) is 18.3 Å². The normalized spacial score (nSPS) is 17.1. The number of aliphatic hydroxyl groups excluding tert-OH is 2. The molecule has 1 aromatic heterocycles. The summed E-state index contributed by atoms with van der Waals surface area (Å²) in [6.45, 7) is 0. The lowest BCUT2D eigenvalue weighted by atomic mass is 9.91. The second-order valence-corrected chi connectivity index (χ2v) is 4.09. The van der Waals surface area contributed by atoms with Crippen molar-refractivity contribution >= 4 is 0 Å². The molecule has 0 fully saturated rings. The zero-order valence-electron chi connectivity index (χ0n) is 9.61.